The average Bonchev–Trinajstić information content (AvgIpc) is 3.36. The van der Waals surface area contributed by atoms with Crippen molar-refractivity contribution in [2.75, 3.05) is 11.5 Å². The molecule has 4 rings (SSSR count). The molecule has 1 fully saturated rings. The van der Waals surface area contributed by atoms with Gasteiger partial charge in [0.05, 0.1) is 29.6 Å². The SMILES string of the molecule is C#CC[C@]1(Cc2cnnn2CC(=O)OCC)C(=O)N(c2ccccc2)C(=O)/C1=C/c1ccccc1. The molecule has 0 bridgehead atoms. The molecule has 35 heavy (non-hydrogen) atoms. The van der Waals surface area contributed by atoms with Crippen LogP contribution < -0.4 is 4.90 Å². The van der Waals surface area contributed by atoms with Crippen molar-refractivity contribution in [1.82, 2.24) is 15.0 Å². The molecule has 1 aromatic heterocycles. The van der Waals surface area contributed by atoms with E-state index in [4.69, 9.17) is 11.2 Å². The van der Waals surface area contributed by atoms with Crippen molar-refractivity contribution >= 4 is 29.5 Å². The van der Waals surface area contributed by atoms with E-state index in [1.807, 2.05) is 36.4 Å². The molecule has 2 heterocycles. The van der Waals surface area contributed by atoms with Crippen molar-refractivity contribution in [3.8, 4) is 12.3 Å². The quantitative estimate of drug-likeness (QED) is 0.218. The summed E-state index contributed by atoms with van der Waals surface area (Å²) in [6.07, 6.45) is 8.95. The molecule has 1 saturated heterocycles. The Balaban J connectivity index is 1.84. The van der Waals surface area contributed by atoms with Gasteiger partial charge in [0.2, 0.25) is 5.91 Å². The first kappa shape index (κ1) is 23.6. The minimum absolute atomic E-state index is 0.0237. The Bertz CT molecular complexity index is 1310. The fraction of sp³-hybridized carbons (Fsp3) is 0.222. The van der Waals surface area contributed by atoms with Gasteiger partial charge in [-0.25, -0.2) is 9.58 Å². The number of carbonyl (C=O) groups excluding carboxylic acids is 3. The molecule has 0 unspecified atom stereocenters. The van der Waals surface area contributed by atoms with Gasteiger partial charge in [-0.2, -0.15) is 0 Å². The van der Waals surface area contributed by atoms with E-state index in [-0.39, 0.29) is 31.6 Å². The number of para-hydroxylation sites is 1. The van der Waals surface area contributed by atoms with E-state index in [0.29, 0.717) is 11.4 Å². The van der Waals surface area contributed by atoms with E-state index < -0.39 is 23.2 Å². The fourth-order valence-corrected chi connectivity index (χ4v) is 4.24. The predicted octanol–water partition coefficient (Wildman–Crippen LogP) is 3.05. The molecular formula is C27H24N4O4. The maximum Gasteiger partial charge on any atom is 0.327 e. The largest absolute Gasteiger partial charge is 0.465 e. The van der Waals surface area contributed by atoms with E-state index >= 15 is 0 Å². The number of aromatic nitrogens is 3. The second kappa shape index (κ2) is 10.2. The molecule has 1 aliphatic rings. The van der Waals surface area contributed by atoms with E-state index in [1.54, 1.807) is 37.3 Å². The van der Waals surface area contributed by atoms with Crippen LogP contribution in [0.2, 0.25) is 0 Å². The highest BCUT2D eigenvalue weighted by Gasteiger charge is 2.56. The third-order valence-electron chi connectivity index (χ3n) is 5.86. The molecule has 8 nitrogen and oxygen atoms in total. The number of ether oxygens (including phenoxy) is 1. The second-order valence-corrected chi connectivity index (χ2v) is 8.08. The lowest BCUT2D eigenvalue weighted by Gasteiger charge is -2.26. The number of hydrogen-bond acceptors (Lipinski definition) is 6. The van der Waals surface area contributed by atoms with Crippen LogP contribution in [0.3, 0.4) is 0 Å². The summed E-state index contributed by atoms with van der Waals surface area (Å²) in [5.74, 6) is 1.25. The smallest absolute Gasteiger partial charge is 0.327 e. The van der Waals surface area contributed by atoms with Crippen LogP contribution in [-0.4, -0.2) is 39.4 Å². The van der Waals surface area contributed by atoms with E-state index in [9.17, 15) is 14.4 Å². The lowest BCUT2D eigenvalue weighted by molar-refractivity contribution is -0.144. The molecule has 1 atom stereocenters. The van der Waals surface area contributed by atoms with Gasteiger partial charge in [0, 0.05) is 18.4 Å². The highest BCUT2D eigenvalue weighted by atomic mass is 16.5. The number of benzene rings is 2. The zero-order valence-corrected chi connectivity index (χ0v) is 19.3. The summed E-state index contributed by atoms with van der Waals surface area (Å²) < 4.78 is 6.40. The monoisotopic (exact) mass is 468 g/mol. The first-order valence-electron chi connectivity index (χ1n) is 11.2. The van der Waals surface area contributed by atoms with E-state index in [2.05, 4.69) is 16.2 Å². The van der Waals surface area contributed by atoms with Gasteiger partial charge in [-0.05, 0) is 30.7 Å². The number of nitrogens with zero attached hydrogens (tertiary/aromatic N) is 4. The average molecular weight is 469 g/mol. The van der Waals surface area contributed by atoms with Crippen molar-refractivity contribution in [2.24, 2.45) is 5.41 Å². The minimum Gasteiger partial charge on any atom is -0.465 e. The molecule has 2 amide bonds. The molecule has 176 valence electrons. The van der Waals surface area contributed by atoms with E-state index in [1.165, 1.54) is 15.8 Å². The Labute approximate surface area is 203 Å². The molecule has 3 aromatic rings. The van der Waals surface area contributed by atoms with Crippen molar-refractivity contribution in [3.05, 3.63) is 83.7 Å². The number of rotatable bonds is 8. The molecular weight excluding hydrogens is 444 g/mol. The lowest BCUT2D eigenvalue weighted by Crippen LogP contribution is -2.38. The molecule has 0 radical (unpaired) electrons. The molecule has 0 aliphatic carbocycles. The molecule has 0 N–H and O–H groups in total. The number of hydrogen-bond donors (Lipinski definition) is 0. The Hall–Kier alpha value is -4.51. The van der Waals surface area contributed by atoms with Crippen LogP contribution in [-0.2, 0) is 32.1 Å². The van der Waals surface area contributed by atoms with Gasteiger partial charge in [0.15, 0.2) is 0 Å². The molecule has 0 saturated carbocycles. The van der Waals surface area contributed by atoms with Gasteiger partial charge >= 0.3 is 5.97 Å². The third kappa shape index (κ3) is 4.62. The van der Waals surface area contributed by atoms with Crippen molar-refractivity contribution in [3.63, 3.8) is 0 Å². The van der Waals surface area contributed by atoms with Gasteiger partial charge in [-0.1, -0.05) is 53.7 Å². The highest BCUT2D eigenvalue weighted by molar-refractivity contribution is 6.32. The summed E-state index contributed by atoms with van der Waals surface area (Å²) in [6.45, 7) is 1.77. The normalized spacial score (nSPS) is 18.6. The molecule has 1 aliphatic heterocycles. The van der Waals surface area contributed by atoms with Gasteiger partial charge < -0.3 is 4.74 Å². The van der Waals surface area contributed by atoms with Crippen LogP contribution in [0, 0.1) is 17.8 Å². The summed E-state index contributed by atoms with van der Waals surface area (Å²) >= 11 is 0. The van der Waals surface area contributed by atoms with Crippen LogP contribution >= 0.6 is 0 Å². The topological polar surface area (TPSA) is 94.4 Å². The van der Waals surface area contributed by atoms with Crippen LogP contribution in [0.4, 0.5) is 5.69 Å². The van der Waals surface area contributed by atoms with Gasteiger partial charge in [-0.3, -0.25) is 14.4 Å². The minimum atomic E-state index is -1.37. The number of amides is 2. The summed E-state index contributed by atoms with van der Waals surface area (Å²) in [4.78, 5) is 41.0. The maximum absolute atomic E-state index is 14.0. The molecule has 0 spiro atoms. The predicted molar refractivity (Wildman–Crippen MR) is 130 cm³/mol. The Morgan fingerprint density at radius 2 is 1.80 bits per heavy atom. The van der Waals surface area contributed by atoms with Gasteiger partial charge in [0.25, 0.3) is 5.91 Å². The van der Waals surface area contributed by atoms with Crippen LogP contribution in [0.5, 0.6) is 0 Å². The first-order valence-corrected chi connectivity index (χ1v) is 11.2. The lowest BCUT2D eigenvalue weighted by atomic mass is 9.74. The Morgan fingerprint density at radius 1 is 1.11 bits per heavy atom. The fourth-order valence-electron chi connectivity index (χ4n) is 4.24. The Kier molecular flexibility index (Phi) is 6.88. The summed E-state index contributed by atoms with van der Waals surface area (Å²) in [6, 6.07) is 18.0. The number of carbonyl (C=O) groups is 3. The van der Waals surface area contributed by atoms with Crippen molar-refractivity contribution in [2.45, 2.75) is 26.3 Å². The second-order valence-electron chi connectivity index (χ2n) is 8.08. The highest BCUT2D eigenvalue weighted by Crippen LogP contribution is 2.46. The van der Waals surface area contributed by atoms with Gasteiger partial charge in [-0.15, -0.1) is 17.4 Å². The van der Waals surface area contributed by atoms with E-state index in [0.717, 1.165) is 5.56 Å². The molecule has 2 aromatic carbocycles. The van der Waals surface area contributed by atoms with Crippen LogP contribution in [0.25, 0.3) is 6.08 Å². The number of esters is 1. The third-order valence-corrected chi connectivity index (χ3v) is 5.86. The van der Waals surface area contributed by atoms with Crippen LogP contribution in [0.1, 0.15) is 24.6 Å². The van der Waals surface area contributed by atoms with Crippen LogP contribution in [0.15, 0.2) is 72.4 Å². The Morgan fingerprint density at radius 3 is 2.46 bits per heavy atom. The maximum atomic E-state index is 14.0. The summed E-state index contributed by atoms with van der Waals surface area (Å²) in [5.41, 5.74) is 0.616. The summed E-state index contributed by atoms with van der Waals surface area (Å²) in [7, 11) is 0. The zero-order valence-electron chi connectivity index (χ0n) is 19.3. The zero-order chi connectivity index (χ0) is 24.8. The van der Waals surface area contributed by atoms with Crippen molar-refractivity contribution in [1.29, 1.82) is 0 Å². The number of terminal acetylenes is 1. The standard InChI is InChI=1S/C27H24N4O4/c1-3-15-27(17-22-18-28-29-30(22)19-24(32)35-4-2)23(16-20-11-7-5-8-12-20)25(33)31(26(27)34)21-13-9-6-10-14-21/h1,5-14,16,18H,4,15,17,19H2,2H3/b23-16-/t27-/m1/s1. The first-order chi connectivity index (χ1) is 17.0. The van der Waals surface area contributed by atoms with Crippen molar-refractivity contribution < 1.29 is 19.1 Å². The number of anilines is 1. The molecule has 8 heteroatoms. The van der Waals surface area contributed by atoms with Gasteiger partial charge in [0.1, 0.15) is 6.54 Å². The number of imide groups is 1. The summed E-state index contributed by atoms with van der Waals surface area (Å²) in [5, 5.41) is 7.91.